The van der Waals surface area contributed by atoms with Gasteiger partial charge in [0.2, 0.25) is 0 Å². The van der Waals surface area contributed by atoms with Gasteiger partial charge in [-0.2, -0.15) is 5.26 Å². The molecule has 2 fully saturated rings. The molecule has 2 saturated heterocycles. The number of hydrogen-bond donors (Lipinski definition) is 1. The molecule has 1 aromatic rings. The average molecular weight is 276 g/mol. The summed E-state index contributed by atoms with van der Waals surface area (Å²) in [7, 11) is 0. The van der Waals surface area contributed by atoms with Gasteiger partial charge in [-0.3, -0.25) is 4.79 Å². The van der Waals surface area contributed by atoms with Crippen LogP contribution in [0, 0.1) is 28.9 Å². The Bertz CT molecular complexity index is 597. The Labute approximate surface area is 115 Å². The molecule has 5 heteroatoms. The lowest BCUT2D eigenvalue weighted by Gasteiger charge is -2.28. The van der Waals surface area contributed by atoms with Gasteiger partial charge in [0.05, 0.1) is 11.6 Å². The molecule has 0 spiro atoms. The highest BCUT2D eigenvalue weighted by atomic mass is 19.2. The molecule has 0 saturated carbocycles. The average Bonchev–Trinajstić information content (AvgIpc) is 2.79. The van der Waals surface area contributed by atoms with Gasteiger partial charge >= 0.3 is 0 Å². The molecule has 2 bridgehead atoms. The van der Waals surface area contributed by atoms with Gasteiger partial charge in [0.15, 0.2) is 17.4 Å². The summed E-state index contributed by atoms with van der Waals surface area (Å²) >= 11 is 0. The van der Waals surface area contributed by atoms with Crippen LogP contribution < -0.4 is 5.32 Å². The minimum absolute atomic E-state index is 0.0118. The summed E-state index contributed by atoms with van der Waals surface area (Å²) in [5.74, 6) is -2.61. The fraction of sp³-hybridized carbons (Fsp3) is 0.467. The maximum absolute atomic E-state index is 13.3. The van der Waals surface area contributed by atoms with E-state index < -0.39 is 11.6 Å². The lowest BCUT2D eigenvalue weighted by molar-refractivity contribution is 0.0875. The number of fused-ring (bicyclic) bond motifs is 2. The van der Waals surface area contributed by atoms with Crippen LogP contribution in [0.2, 0.25) is 0 Å². The minimum Gasteiger partial charge on any atom is -0.311 e. The van der Waals surface area contributed by atoms with E-state index in [0.29, 0.717) is 24.9 Å². The topological polar surface area (TPSA) is 52.9 Å². The van der Waals surface area contributed by atoms with E-state index in [1.165, 1.54) is 0 Å². The van der Waals surface area contributed by atoms with E-state index in [1.807, 2.05) is 0 Å². The van der Waals surface area contributed by atoms with Crippen LogP contribution in [-0.4, -0.2) is 17.9 Å². The summed E-state index contributed by atoms with van der Waals surface area (Å²) in [5, 5.41) is 12.4. The van der Waals surface area contributed by atoms with E-state index in [0.717, 1.165) is 25.0 Å². The van der Waals surface area contributed by atoms with Crippen molar-refractivity contribution >= 4 is 5.78 Å². The first-order valence-corrected chi connectivity index (χ1v) is 6.78. The lowest BCUT2D eigenvalue weighted by atomic mass is 9.84. The van der Waals surface area contributed by atoms with E-state index in [9.17, 15) is 13.6 Å². The molecule has 2 aliphatic rings. The Kier molecular flexibility index (Phi) is 3.27. The molecule has 3 nitrogen and oxygen atoms in total. The molecular weight excluding hydrogens is 262 g/mol. The number of Topliss-reactive ketones (excluding diaryl/α,β-unsaturated/α-hetero) is 1. The number of benzene rings is 1. The van der Waals surface area contributed by atoms with Crippen LogP contribution >= 0.6 is 0 Å². The molecule has 104 valence electrons. The first kappa shape index (κ1) is 13.2. The molecule has 2 atom stereocenters. The van der Waals surface area contributed by atoms with Crippen molar-refractivity contribution in [2.45, 2.75) is 37.8 Å². The van der Waals surface area contributed by atoms with Crippen LogP contribution in [0.25, 0.3) is 0 Å². The van der Waals surface area contributed by atoms with Gasteiger partial charge in [-0.05, 0) is 37.8 Å². The first-order chi connectivity index (χ1) is 9.58. The van der Waals surface area contributed by atoms with Crippen molar-refractivity contribution < 1.29 is 13.6 Å². The molecule has 2 heterocycles. The number of hydrogen-bond acceptors (Lipinski definition) is 3. The Morgan fingerprint density at radius 3 is 2.40 bits per heavy atom. The van der Waals surface area contributed by atoms with E-state index in [-0.39, 0.29) is 22.8 Å². The molecule has 1 N–H and O–H groups in total. The Balaban J connectivity index is 1.91. The maximum atomic E-state index is 13.3. The van der Waals surface area contributed by atoms with Crippen LogP contribution in [0.5, 0.6) is 0 Å². The number of nitriles is 1. The zero-order valence-electron chi connectivity index (χ0n) is 10.8. The molecule has 20 heavy (non-hydrogen) atoms. The van der Waals surface area contributed by atoms with Crippen LogP contribution in [-0.2, 0) is 0 Å². The molecule has 2 unspecified atom stereocenters. The summed E-state index contributed by atoms with van der Waals surface area (Å²) in [4.78, 5) is 12.5. The number of nitrogens with zero attached hydrogens (tertiary/aromatic N) is 1. The van der Waals surface area contributed by atoms with Gasteiger partial charge in [0, 0.05) is 23.6 Å². The third-order valence-corrected chi connectivity index (χ3v) is 4.29. The summed E-state index contributed by atoms with van der Waals surface area (Å²) in [6, 6.07) is 4.11. The summed E-state index contributed by atoms with van der Waals surface area (Å²) in [5.41, 5.74) is -0.0718. The van der Waals surface area contributed by atoms with Crippen LogP contribution in [0.1, 0.15) is 41.6 Å². The van der Waals surface area contributed by atoms with Crippen molar-refractivity contribution in [2.75, 3.05) is 0 Å². The zero-order chi connectivity index (χ0) is 14.3. The Morgan fingerprint density at radius 2 is 1.80 bits per heavy atom. The van der Waals surface area contributed by atoms with E-state index >= 15 is 0 Å². The second-order valence-corrected chi connectivity index (χ2v) is 5.59. The molecule has 0 radical (unpaired) electrons. The van der Waals surface area contributed by atoms with Crippen LogP contribution in [0.15, 0.2) is 12.1 Å². The van der Waals surface area contributed by atoms with Gasteiger partial charge in [0.25, 0.3) is 0 Å². The molecule has 0 amide bonds. The number of piperidine rings is 1. The number of rotatable bonds is 2. The SMILES string of the molecule is N#Cc1cc(F)c(F)cc1C(=O)C1CC2CCC(C1)N2. The highest BCUT2D eigenvalue weighted by Gasteiger charge is 2.37. The van der Waals surface area contributed by atoms with Gasteiger partial charge < -0.3 is 5.32 Å². The Morgan fingerprint density at radius 1 is 1.20 bits per heavy atom. The third kappa shape index (κ3) is 2.20. The number of ketones is 1. The fourth-order valence-electron chi connectivity index (χ4n) is 3.33. The van der Waals surface area contributed by atoms with Crippen molar-refractivity contribution in [3.63, 3.8) is 0 Å². The zero-order valence-corrected chi connectivity index (χ0v) is 10.8. The van der Waals surface area contributed by atoms with Gasteiger partial charge in [0.1, 0.15) is 0 Å². The second-order valence-electron chi connectivity index (χ2n) is 5.59. The monoisotopic (exact) mass is 276 g/mol. The fourth-order valence-corrected chi connectivity index (χ4v) is 3.33. The molecular formula is C15H14F2N2O. The standard InChI is InChI=1S/C15H14F2N2O/c16-13-5-9(7-18)12(6-14(13)17)15(20)8-3-10-1-2-11(4-8)19-10/h5-6,8,10-11,19H,1-4H2. The van der Waals surface area contributed by atoms with E-state index in [4.69, 9.17) is 5.26 Å². The van der Waals surface area contributed by atoms with Crippen molar-refractivity contribution in [2.24, 2.45) is 5.92 Å². The lowest BCUT2D eigenvalue weighted by Crippen LogP contribution is -2.40. The summed E-state index contributed by atoms with van der Waals surface area (Å²) in [6.45, 7) is 0. The smallest absolute Gasteiger partial charge is 0.167 e. The van der Waals surface area contributed by atoms with Crippen molar-refractivity contribution in [3.8, 4) is 6.07 Å². The molecule has 2 aliphatic heterocycles. The molecule has 1 aromatic carbocycles. The van der Waals surface area contributed by atoms with Gasteiger partial charge in [-0.25, -0.2) is 8.78 Å². The van der Waals surface area contributed by atoms with E-state index in [1.54, 1.807) is 6.07 Å². The van der Waals surface area contributed by atoms with E-state index in [2.05, 4.69) is 5.32 Å². The summed E-state index contributed by atoms with van der Waals surface area (Å²) < 4.78 is 26.5. The molecule has 0 aromatic heterocycles. The normalized spacial score (nSPS) is 28.1. The predicted octanol–water partition coefficient (Wildman–Crippen LogP) is 2.55. The second kappa shape index (κ2) is 4.95. The summed E-state index contributed by atoms with van der Waals surface area (Å²) in [6.07, 6.45) is 3.52. The van der Waals surface area contributed by atoms with Crippen LogP contribution in [0.4, 0.5) is 8.78 Å². The third-order valence-electron chi connectivity index (χ3n) is 4.29. The largest absolute Gasteiger partial charge is 0.311 e. The maximum Gasteiger partial charge on any atom is 0.167 e. The molecule has 3 rings (SSSR count). The van der Waals surface area contributed by atoms with Crippen molar-refractivity contribution in [3.05, 3.63) is 34.9 Å². The van der Waals surface area contributed by atoms with Gasteiger partial charge in [-0.15, -0.1) is 0 Å². The highest BCUT2D eigenvalue weighted by molar-refractivity contribution is 6.00. The number of carbonyl (C=O) groups is 1. The van der Waals surface area contributed by atoms with Crippen molar-refractivity contribution in [1.29, 1.82) is 5.26 Å². The number of halogens is 2. The van der Waals surface area contributed by atoms with Crippen molar-refractivity contribution in [1.82, 2.24) is 5.32 Å². The number of carbonyl (C=O) groups excluding carboxylic acids is 1. The Hall–Kier alpha value is -1.80. The number of nitrogens with one attached hydrogen (secondary N) is 1. The van der Waals surface area contributed by atoms with Gasteiger partial charge in [-0.1, -0.05) is 0 Å². The minimum atomic E-state index is -1.09. The van der Waals surface area contributed by atoms with Crippen LogP contribution in [0.3, 0.4) is 0 Å². The first-order valence-electron chi connectivity index (χ1n) is 6.78. The molecule has 0 aliphatic carbocycles. The predicted molar refractivity (Wildman–Crippen MR) is 68.1 cm³/mol. The highest BCUT2D eigenvalue weighted by Crippen LogP contribution is 2.33. The quantitative estimate of drug-likeness (QED) is 0.845.